The number of aliphatic hydroxyl groups is 1. The van der Waals surface area contributed by atoms with Crippen LogP contribution >= 0.6 is 11.6 Å². The van der Waals surface area contributed by atoms with E-state index in [2.05, 4.69) is 15.3 Å². The number of carbonyl (C=O) groups is 2. The van der Waals surface area contributed by atoms with Crippen molar-refractivity contribution in [3.8, 4) is 11.4 Å². The molecule has 0 radical (unpaired) electrons. The number of likely N-dealkylation sites (tertiary alicyclic amines) is 1. The molecule has 3 aromatic heterocycles. The number of benzene rings is 1. The van der Waals surface area contributed by atoms with Crippen molar-refractivity contribution < 1.29 is 14.7 Å². The predicted octanol–water partition coefficient (Wildman–Crippen LogP) is 1.30. The second-order valence-electron chi connectivity index (χ2n) is 8.66. The number of halogens is 1. The fraction of sp³-hybridized carbons (Fsp3) is 0.348. The summed E-state index contributed by atoms with van der Waals surface area (Å²) >= 11 is 6.20. The highest BCUT2D eigenvalue weighted by atomic mass is 35.5. The van der Waals surface area contributed by atoms with E-state index in [9.17, 15) is 14.7 Å². The number of nitrogens with two attached hydrogens (primary N) is 1. The summed E-state index contributed by atoms with van der Waals surface area (Å²) in [7, 11) is 0. The molecule has 1 aromatic carbocycles. The minimum absolute atomic E-state index is 0.0108. The van der Waals surface area contributed by atoms with Gasteiger partial charge < -0.3 is 26.0 Å². The first-order valence-electron chi connectivity index (χ1n) is 11.3. The highest BCUT2D eigenvalue weighted by molar-refractivity contribution is 6.31. The number of aromatic nitrogens is 5. The standard InChI is InChI=1S/C23H25ClN8O3/c1-12(23(35)31-10-14(25)11-31)28-22(34)16-8-26-21-20(16)29-17(9-27-21)19-15-4-3-13(24)7-18(15)32(30-19)5-2-6-33/h3-4,7-9,12,14,33H,2,5-6,10-11,25H2,1H3,(H,26,27)(H,28,34)/t12-/m1/s1. The number of hydrogen-bond acceptors (Lipinski definition) is 7. The second-order valence-corrected chi connectivity index (χ2v) is 9.10. The van der Waals surface area contributed by atoms with E-state index >= 15 is 0 Å². The maximum Gasteiger partial charge on any atom is 0.255 e. The van der Waals surface area contributed by atoms with Crippen LogP contribution in [0.4, 0.5) is 0 Å². The molecule has 1 fully saturated rings. The molecule has 4 aromatic rings. The van der Waals surface area contributed by atoms with Gasteiger partial charge in [-0.15, -0.1) is 0 Å². The average molecular weight is 497 g/mol. The zero-order valence-electron chi connectivity index (χ0n) is 19.0. The summed E-state index contributed by atoms with van der Waals surface area (Å²) in [4.78, 5) is 39.2. The van der Waals surface area contributed by atoms with Crippen molar-refractivity contribution in [1.29, 1.82) is 0 Å². The molecular weight excluding hydrogens is 472 g/mol. The lowest BCUT2D eigenvalue weighted by atomic mass is 10.1. The lowest BCUT2D eigenvalue weighted by Gasteiger charge is -2.38. The normalized spacial score (nSPS) is 14.9. The third-order valence-electron chi connectivity index (χ3n) is 6.05. The van der Waals surface area contributed by atoms with Gasteiger partial charge in [0, 0.05) is 48.9 Å². The van der Waals surface area contributed by atoms with E-state index in [4.69, 9.17) is 27.4 Å². The van der Waals surface area contributed by atoms with Crippen molar-refractivity contribution in [3.05, 3.63) is 41.2 Å². The molecule has 1 aliphatic rings. The molecule has 1 aliphatic heterocycles. The van der Waals surface area contributed by atoms with Crippen LogP contribution in [0, 0.1) is 0 Å². The van der Waals surface area contributed by atoms with Crippen LogP contribution in [0.25, 0.3) is 33.5 Å². The van der Waals surface area contributed by atoms with Crippen LogP contribution in [-0.4, -0.2) is 78.3 Å². The van der Waals surface area contributed by atoms with E-state index in [0.29, 0.717) is 53.6 Å². The minimum atomic E-state index is -0.702. The molecule has 12 heteroatoms. The van der Waals surface area contributed by atoms with Crippen molar-refractivity contribution in [3.63, 3.8) is 0 Å². The first-order valence-corrected chi connectivity index (χ1v) is 11.7. The van der Waals surface area contributed by atoms with Gasteiger partial charge in [-0.3, -0.25) is 14.3 Å². The predicted molar refractivity (Wildman–Crippen MR) is 131 cm³/mol. The number of amides is 2. The molecule has 0 spiro atoms. The van der Waals surface area contributed by atoms with Crippen molar-refractivity contribution >= 4 is 45.5 Å². The van der Waals surface area contributed by atoms with Gasteiger partial charge in [0.2, 0.25) is 5.91 Å². The molecule has 182 valence electrons. The first-order chi connectivity index (χ1) is 16.9. The SMILES string of the molecule is C[C@@H](NC(=O)c1c[nH]c2ncc(-c3nn(CCCO)c4cc(Cl)ccc34)nc12)C(=O)N1CC(N)C1. The molecule has 0 unspecified atom stereocenters. The summed E-state index contributed by atoms with van der Waals surface area (Å²) in [5, 5.41) is 18.1. The largest absolute Gasteiger partial charge is 0.396 e. The van der Waals surface area contributed by atoms with Gasteiger partial charge in [0.25, 0.3) is 5.91 Å². The van der Waals surface area contributed by atoms with Crippen LogP contribution in [-0.2, 0) is 11.3 Å². The van der Waals surface area contributed by atoms with Gasteiger partial charge in [0.1, 0.15) is 22.9 Å². The van der Waals surface area contributed by atoms with Crippen LogP contribution in [0.1, 0.15) is 23.7 Å². The van der Waals surface area contributed by atoms with Crippen LogP contribution < -0.4 is 11.1 Å². The van der Waals surface area contributed by atoms with Gasteiger partial charge in [-0.2, -0.15) is 5.10 Å². The summed E-state index contributed by atoms with van der Waals surface area (Å²) in [5.74, 6) is -0.608. The smallest absolute Gasteiger partial charge is 0.255 e. The minimum Gasteiger partial charge on any atom is -0.396 e. The molecule has 1 atom stereocenters. The van der Waals surface area contributed by atoms with Crippen LogP contribution in [0.3, 0.4) is 0 Å². The zero-order chi connectivity index (χ0) is 24.7. The Morgan fingerprint density at radius 1 is 1.37 bits per heavy atom. The molecule has 35 heavy (non-hydrogen) atoms. The molecule has 0 bridgehead atoms. The number of aliphatic hydroxyl groups excluding tert-OH is 1. The van der Waals surface area contributed by atoms with Crippen molar-refractivity contribution in [2.75, 3.05) is 19.7 Å². The molecule has 11 nitrogen and oxygen atoms in total. The second kappa shape index (κ2) is 9.25. The molecule has 5 rings (SSSR count). The zero-order valence-corrected chi connectivity index (χ0v) is 19.8. The van der Waals surface area contributed by atoms with E-state index < -0.39 is 11.9 Å². The Kier molecular flexibility index (Phi) is 6.13. The Bertz CT molecular complexity index is 1430. The molecule has 0 saturated carbocycles. The molecule has 4 heterocycles. The number of carbonyl (C=O) groups excluding carboxylic acids is 2. The van der Waals surface area contributed by atoms with E-state index in [1.165, 1.54) is 6.20 Å². The molecule has 2 amide bonds. The average Bonchev–Trinajstić information content (AvgIpc) is 3.41. The monoisotopic (exact) mass is 496 g/mol. The number of hydrogen-bond donors (Lipinski definition) is 4. The summed E-state index contributed by atoms with van der Waals surface area (Å²) in [5.41, 5.74) is 8.74. The molecular formula is C23H25ClN8O3. The summed E-state index contributed by atoms with van der Waals surface area (Å²) in [6, 6.07) is 4.74. The quantitative estimate of drug-likeness (QED) is 0.300. The van der Waals surface area contributed by atoms with Crippen LogP contribution in [0.15, 0.2) is 30.6 Å². The Morgan fingerprint density at radius 2 is 2.17 bits per heavy atom. The van der Waals surface area contributed by atoms with Gasteiger partial charge in [0.15, 0.2) is 5.65 Å². The lowest BCUT2D eigenvalue weighted by molar-refractivity contribution is -0.137. The van der Waals surface area contributed by atoms with E-state index in [1.54, 1.807) is 28.8 Å². The van der Waals surface area contributed by atoms with Gasteiger partial charge in [-0.1, -0.05) is 11.6 Å². The van der Waals surface area contributed by atoms with E-state index in [0.717, 1.165) is 10.9 Å². The first kappa shape index (κ1) is 23.2. The molecule has 0 aliphatic carbocycles. The van der Waals surface area contributed by atoms with Gasteiger partial charge in [0.05, 0.1) is 17.3 Å². The van der Waals surface area contributed by atoms with E-state index in [-0.39, 0.29) is 24.1 Å². The third-order valence-corrected chi connectivity index (χ3v) is 6.28. The van der Waals surface area contributed by atoms with Crippen molar-refractivity contribution in [1.82, 2.24) is 34.9 Å². The fourth-order valence-corrected chi connectivity index (χ4v) is 4.37. The molecule has 1 saturated heterocycles. The lowest BCUT2D eigenvalue weighted by Crippen LogP contribution is -2.61. The number of aryl methyl sites for hydroxylation is 1. The highest BCUT2D eigenvalue weighted by Crippen LogP contribution is 2.30. The number of nitrogens with zero attached hydrogens (tertiary/aromatic N) is 5. The maximum absolute atomic E-state index is 13.0. The summed E-state index contributed by atoms with van der Waals surface area (Å²) < 4.78 is 1.78. The highest BCUT2D eigenvalue weighted by Gasteiger charge is 2.31. The number of fused-ring (bicyclic) bond motifs is 2. The van der Waals surface area contributed by atoms with E-state index in [1.807, 2.05) is 12.1 Å². The van der Waals surface area contributed by atoms with Crippen molar-refractivity contribution in [2.24, 2.45) is 5.73 Å². The van der Waals surface area contributed by atoms with Gasteiger partial charge in [-0.05, 0) is 31.5 Å². The van der Waals surface area contributed by atoms with Gasteiger partial charge >= 0.3 is 0 Å². The van der Waals surface area contributed by atoms with Crippen LogP contribution in [0.2, 0.25) is 5.02 Å². The number of H-pyrrole nitrogens is 1. The Morgan fingerprint density at radius 3 is 2.91 bits per heavy atom. The summed E-state index contributed by atoms with van der Waals surface area (Å²) in [6.07, 6.45) is 3.65. The topological polar surface area (TPSA) is 155 Å². The molecule has 5 N–H and O–H groups in total. The number of rotatable bonds is 7. The Hall–Kier alpha value is -3.54. The Balaban J connectivity index is 1.46. The third kappa shape index (κ3) is 4.33. The van der Waals surface area contributed by atoms with Crippen LogP contribution in [0.5, 0.6) is 0 Å². The van der Waals surface area contributed by atoms with Gasteiger partial charge in [-0.25, -0.2) is 9.97 Å². The maximum atomic E-state index is 13.0. The number of aromatic amines is 1. The number of nitrogens with one attached hydrogen (secondary N) is 2. The van der Waals surface area contributed by atoms with Crippen molar-refractivity contribution in [2.45, 2.75) is 32.0 Å². The Labute approximate surface area is 205 Å². The fourth-order valence-electron chi connectivity index (χ4n) is 4.21. The summed E-state index contributed by atoms with van der Waals surface area (Å²) in [6.45, 7) is 3.17.